The van der Waals surface area contributed by atoms with Gasteiger partial charge in [0.1, 0.15) is 12.1 Å². The molecule has 0 unspecified atom stereocenters. The number of carbonyl (C=O) groups excluding carboxylic acids is 1. The molecule has 0 aliphatic heterocycles. The summed E-state index contributed by atoms with van der Waals surface area (Å²) in [5.41, 5.74) is 5.28. The van der Waals surface area contributed by atoms with E-state index in [0.717, 1.165) is 45.7 Å². The number of hydrogen-bond acceptors (Lipinski definition) is 6. The van der Waals surface area contributed by atoms with Gasteiger partial charge >= 0.3 is 0 Å². The van der Waals surface area contributed by atoms with Crippen LogP contribution in [0.2, 0.25) is 0 Å². The Morgan fingerprint density at radius 3 is 2.73 bits per heavy atom. The molecule has 0 aliphatic carbocycles. The zero-order valence-electron chi connectivity index (χ0n) is 16.9. The van der Waals surface area contributed by atoms with Gasteiger partial charge in [-0.3, -0.25) is 14.8 Å². The fourth-order valence-corrected chi connectivity index (χ4v) is 3.32. The van der Waals surface area contributed by atoms with Gasteiger partial charge in [0.2, 0.25) is 0 Å². The molecule has 0 fully saturated rings. The number of nitrogens with zero attached hydrogens (tertiary/aromatic N) is 4. The van der Waals surface area contributed by atoms with Crippen molar-refractivity contribution in [2.45, 2.75) is 13.3 Å². The van der Waals surface area contributed by atoms with Crippen molar-refractivity contribution in [3.8, 4) is 11.3 Å². The first-order valence-corrected chi connectivity index (χ1v) is 9.73. The van der Waals surface area contributed by atoms with Crippen molar-refractivity contribution in [1.29, 1.82) is 0 Å². The molecule has 3 aromatic heterocycles. The minimum atomic E-state index is -0.114. The van der Waals surface area contributed by atoms with Crippen LogP contribution in [0.5, 0.6) is 0 Å². The number of carbonyl (C=O) groups is 1. The molecule has 0 saturated carbocycles. The van der Waals surface area contributed by atoms with E-state index in [1.165, 1.54) is 0 Å². The molecule has 7 heteroatoms. The summed E-state index contributed by atoms with van der Waals surface area (Å²) < 4.78 is 0. The number of fused-ring (bicyclic) bond motifs is 1. The summed E-state index contributed by atoms with van der Waals surface area (Å²) in [4.78, 5) is 29.6. The van der Waals surface area contributed by atoms with Crippen LogP contribution in [-0.4, -0.2) is 39.4 Å². The zero-order valence-corrected chi connectivity index (χ0v) is 16.9. The van der Waals surface area contributed by atoms with Gasteiger partial charge in [-0.25, -0.2) is 9.97 Å². The van der Waals surface area contributed by atoms with Crippen molar-refractivity contribution in [2.75, 3.05) is 18.9 Å². The quantitative estimate of drug-likeness (QED) is 0.517. The highest BCUT2D eigenvalue weighted by atomic mass is 16.1. The van der Waals surface area contributed by atoms with E-state index < -0.39 is 0 Å². The normalized spacial score (nSPS) is 10.7. The van der Waals surface area contributed by atoms with Crippen LogP contribution < -0.4 is 10.6 Å². The van der Waals surface area contributed by atoms with Gasteiger partial charge in [-0.05, 0) is 43.2 Å². The Morgan fingerprint density at radius 2 is 1.93 bits per heavy atom. The molecule has 7 nitrogen and oxygen atoms in total. The first kappa shape index (κ1) is 19.4. The molecule has 0 radical (unpaired) electrons. The first-order valence-electron chi connectivity index (χ1n) is 9.73. The Labute approximate surface area is 174 Å². The molecule has 0 atom stereocenters. The van der Waals surface area contributed by atoms with Gasteiger partial charge in [0.15, 0.2) is 0 Å². The highest BCUT2D eigenvalue weighted by Crippen LogP contribution is 2.22. The van der Waals surface area contributed by atoms with Crippen molar-refractivity contribution in [2.24, 2.45) is 0 Å². The van der Waals surface area contributed by atoms with Crippen LogP contribution in [0, 0.1) is 6.92 Å². The average molecular weight is 398 g/mol. The van der Waals surface area contributed by atoms with E-state index in [2.05, 4.69) is 30.6 Å². The lowest BCUT2D eigenvalue weighted by molar-refractivity contribution is 0.0964. The lowest BCUT2D eigenvalue weighted by atomic mass is 10.0. The van der Waals surface area contributed by atoms with Crippen LogP contribution in [0.25, 0.3) is 22.2 Å². The third-order valence-corrected chi connectivity index (χ3v) is 4.90. The smallest absolute Gasteiger partial charge is 0.251 e. The number of nitrogens with one attached hydrogen (secondary N) is 2. The van der Waals surface area contributed by atoms with Gasteiger partial charge in [0.05, 0.1) is 11.2 Å². The molecule has 2 N–H and O–H groups in total. The summed E-state index contributed by atoms with van der Waals surface area (Å²) in [6.45, 7) is 2.63. The number of rotatable bonds is 6. The molecule has 0 aliphatic rings. The standard InChI is InChI=1S/C23H22N6O/c1-15-5-6-17(13-27-15)20-12-21(29-14-28-20)25-11-9-16-7-8-19(23(30)24-2)18-4-3-10-26-22(16)18/h3-8,10,12-14H,9,11H2,1-2H3,(H,24,30)(H,25,28,29). The number of hydrogen-bond donors (Lipinski definition) is 2. The van der Waals surface area contributed by atoms with Crippen molar-refractivity contribution in [3.63, 3.8) is 0 Å². The highest BCUT2D eigenvalue weighted by Gasteiger charge is 2.12. The molecule has 3 heterocycles. The predicted octanol–water partition coefficient (Wildman–Crippen LogP) is 3.41. The minimum absolute atomic E-state index is 0.114. The largest absolute Gasteiger partial charge is 0.370 e. The van der Waals surface area contributed by atoms with Crippen molar-refractivity contribution in [1.82, 2.24) is 25.3 Å². The van der Waals surface area contributed by atoms with E-state index in [4.69, 9.17) is 0 Å². The molecular weight excluding hydrogens is 376 g/mol. The molecule has 0 spiro atoms. The number of pyridine rings is 2. The zero-order chi connectivity index (χ0) is 20.9. The number of aryl methyl sites for hydroxylation is 1. The van der Waals surface area contributed by atoms with Gasteiger partial charge < -0.3 is 10.6 Å². The summed E-state index contributed by atoms with van der Waals surface area (Å²) in [6, 6.07) is 13.5. The molecule has 0 saturated heterocycles. The Balaban J connectivity index is 1.50. The van der Waals surface area contributed by atoms with E-state index in [1.54, 1.807) is 19.6 Å². The Kier molecular flexibility index (Phi) is 5.61. The monoisotopic (exact) mass is 398 g/mol. The van der Waals surface area contributed by atoms with E-state index in [0.29, 0.717) is 12.1 Å². The molecule has 4 aromatic rings. The maximum Gasteiger partial charge on any atom is 0.251 e. The van der Waals surface area contributed by atoms with Crippen LogP contribution in [0.4, 0.5) is 5.82 Å². The number of benzene rings is 1. The summed E-state index contributed by atoms with van der Waals surface area (Å²) in [6.07, 6.45) is 5.85. The lowest BCUT2D eigenvalue weighted by Crippen LogP contribution is -2.18. The minimum Gasteiger partial charge on any atom is -0.370 e. The van der Waals surface area contributed by atoms with Crippen LogP contribution >= 0.6 is 0 Å². The molecule has 4 rings (SSSR count). The Morgan fingerprint density at radius 1 is 1.03 bits per heavy atom. The van der Waals surface area contributed by atoms with Crippen molar-refractivity contribution < 1.29 is 4.79 Å². The average Bonchev–Trinajstić information content (AvgIpc) is 2.79. The molecule has 1 amide bonds. The van der Waals surface area contributed by atoms with Crippen molar-refractivity contribution >= 4 is 22.6 Å². The fraction of sp³-hybridized carbons (Fsp3) is 0.174. The summed E-state index contributed by atoms with van der Waals surface area (Å²) in [7, 11) is 1.63. The van der Waals surface area contributed by atoms with E-state index in [-0.39, 0.29) is 5.91 Å². The molecule has 0 bridgehead atoms. The topological polar surface area (TPSA) is 92.7 Å². The molecule has 1 aromatic carbocycles. The second-order valence-corrected chi connectivity index (χ2v) is 6.90. The Hall–Kier alpha value is -3.87. The van der Waals surface area contributed by atoms with Crippen LogP contribution in [0.3, 0.4) is 0 Å². The highest BCUT2D eigenvalue weighted by molar-refractivity contribution is 6.06. The van der Waals surface area contributed by atoms with Crippen LogP contribution in [-0.2, 0) is 6.42 Å². The van der Waals surface area contributed by atoms with E-state index >= 15 is 0 Å². The fourth-order valence-electron chi connectivity index (χ4n) is 3.32. The van der Waals surface area contributed by atoms with Gasteiger partial charge in [-0.2, -0.15) is 0 Å². The number of aromatic nitrogens is 4. The van der Waals surface area contributed by atoms with Gasteiger partial charge in [0, 0.05) is 54.3 Å². The second kappa shape index (κ2) is 8.65. The van der Waals surface area contributed by atoms with Gasteiger partial charge in [-0.1, -0.05) is 12.1 Å². The van der Waals surface area contributed by atoms with Crippen LogP contribution in [0.1, 0.15) is 21.6 Å². The third kappa shape index (κ3) is 4.10. The SMILES string of the molecule is CNC(=O)c1ccc(CCNc2cc(-c3ccc(C)nc3)ncn2)c2ncccc12. The summed E-state index contributed by atoms with van der Waals surface area (Å²) >= 11 is 0. The van der Waals surface area contributed by atoms with Gasteiger partial charge in [0.25, 0.3) is 5.91 Å². The molecular formula is C23H22N6O. The van der Waals surface area contributed by atoms with Crippen LogP contribution in [0.15, 0.2) is 61.2 Å². The molecule has 150 valence electrons. The lowest BCUT2D eigenvalue weighted by Gasteiger charge is -2.11. The third-order valence-electron chi connectivity index (χ3n) is 4.90. The second-order valence-electron chi connectivity index (χ2n) is 6.90. The maximum absolute atomic E-state index is 12.1. The number of anilines is 1. The Bertz CT molecular complexity index is 1190. The summed E-state index contributed by atoms with van der Waals surface area (Å²) in [5, 5.41) is 6.88. The molecule has 30 heavy (non-hydrogen) atoms. The number of amides is 1. The van der Waals surface area contributed by atoms with E-state index in [1.807, 2.05) is 55.6 Å². The van der Waals surface area contributed by atoms with E-state index in [9.17, 15) is 4.79 Å². The summed E-state index contributed by atoms with van der Waals surface area (Å²) in [5.74, 6) is 0.636. The van der Waals surface area contributed by atoms with Gasteiger partial charge in [-0.15, -0.1) is 0 Å². The predicted molar refractivity (Wildman–Crippen MR) is 117 cm³/mol. The first-order chi connectivity index (χ1) is 14.7. The van der Waals surface area contributed by atoms with Crippen molar-refractivity contribution in [3.05, 3.63) is 78.0 Å². The maximum atomic E-state index is 12.1.